The van der Waals surface area contributed by atoms with Gasteiger partial charge in [0.05, 0.1) is 0 Å². The van der Waals surface area contributed by atoms with Crippen molar-refractivity contribution in [2.45, 2.75) is 19.4 Å². The van der Waals surface area contributed by atoms with E-state index in [1.807, 2.05) is 32.3 Å². The van der Waals surface area contributed by atoms with E-state index in [1.165, 1.54) is 11.1 Å². The van der Waals surface area contributed by atoms with Crippen molar-refractivity contribution in [2.24, 2.45) is 7.05 Å². The summed E-state index contributed by atoms with van der Waals surface area (Å²) in [4.78, 5) is 4.26. The summed E-state index contributed by atoms with van der Waals surface area (Å²) < 4.78 is 1.80. The van der Waals surface area contributed by atoms with Crippen molar-refractivity contribution in [1.82, 2.24) is 20.1 Å². The lowest BCUT2D eigenvalue weighted by Crippen LogP contribution is -2.21. The molecule has 0 aliphatic carbocycles. The van der Waals surface area contributed by atoms with Crippen LogP contribution >= 0.6 is 11.6 Å². The molecular formula is C13H17ClN4. The number of nitrogens with one attached hydrogen (secondary N) is 1. The lowest BCUT2D eigenvalue weighted by Gasteiger charge is -2.18. The molecule has 4 nitrogen and oxygen atoms in total. The van der Waals surface area contributed by atoms with Gasteiger partial charge in [-0.2, -0.15) is 5.10 Å². The molecule has 2 aromatic rings. The molecule has 0 radical (unpaired) electrons. The quantitative estimate of drug-likeness (QED) is 0.921. The SMILES string of the molecule is CNC(Cc1ncnn1C)c1cc(Cl)ccc1C. The minimum Gasteiger partial charge on any atom is -0.313 e. The van der Waals surface area contributed by atoms with Gasteiger partial charge in [0.2, 0.25) is 0 Å². The maximum absolute atomic E-state index is 6.07. The monoisotopic (exact) mass is 264 g/mol. The van der Waals surface area contributed by atoms with E-state index in [0.29, 0.717) is 0 Å². The minimum atomic E-state index is 0.187. The maximum atomic E-state index is 6.07. The van der Waals surface area contributed by atoms with Crippen molar-refractivity contribution in [1.29, 1.82) is 0 Å². The molecule has 1 aromatic carbocycles. The van der Waals surface area contributed by atoms with Crippen molar-refractivity contribution >= 4 is 11.6 Å². The summed E-state index contributed by atoms with van der Waals surface area (Å²) in [5.74, 6) is 0.953. The molecule has 1 atom stereocenters. The molecular weight excluding hydrogens is 248 g/mol. The third kappa shape index (κ3) is 2.71. The van der Waals surface area contributed by atoms with Crippen molar-refractivity contribution in [3.05, 3.63) is 46.5 Å². The molecule has 96 valence electrons. The molecule has 0 saturated carbocycles. The number of likely N-dealkylation sites (N-methyl/N-ethyl adjacent to an activating group) is 1. The third-order valence-corrected chi connectivity index (χ3v) is 3.39. The smallest absolute Gasteiger partial charge is 0.138 e. The highest BCUT2D eigenvalue weighted by molar-refractivity contribution is 6.30. The van der Waals surface area contributed by atoms with E-state index in [2.05, 4.69) is 22.3 Å². The van der Waals surface area contributed by atoms with Gasteiger partial charge in [-0.05, 0) is 37.2 Å². The Morgan fingerprint density at radius 3 is 2.83 bits per heavy atom. The molecule has 18 heavy (non-hydrogen) atoms. The molecule has 1 heterocycles. The molecule has 1 N–H and O–H groups in total. The number of aromatic nitrogens is 3. The number of rotatable bonds is 4. The Balaban J connectivity index is 2.28. The number of hydrogen-bond donors (Lipinski definition) is 1. The summed E-state index contributed by atoms with van der Waals surface area (Å²) in [6, 6.07) is 6.15. The normalized spacial score (nSPS) is 12.7. The van der Waals surface area contributed by atoms with Crippen LogP contribution in [0.4, 0.5) is 0 Å². The van der Waals surface area contributed by atoms with E-state index in [9.17, 15) is 0 Å². The van der Waals surface area contributed by atoms with Gasteiger partial charge in [0, 0.05) is 24.5 Å². The average Bonchev–Trinajstić information content (AvgIpc) is 2.75. The fourth-order valence-electron chi connectivity index (χ4n) is 2.04. The standard InChI is InChI=1S/C13H17ClN4/c1-9-4-5-10(14)6-11(9)12(15-2)7-13-16-8-17-18(13)3/h4-6,8,12,15H,7H2,1-3H3. The van der Waals surface area contributed by atoms with E-state index < -0.39 is 0 Å². The third-order valence-electron chi connectivity index (χ3n) is 3.16. The second-order valence-corrected chi connectivity index (χ2v) is 4.78. The Labute approximate surface area is 112 Å². The Hall–Kier alpha value is -1.39. The summed E-state index contributed by atoms with van der Waals surface area (Å²) in [6.07, 6.45) is 2.36. The minimum absolute atomic E-state index is 0.187. The number of nitrogens with zero attached hydrogens (tertiary/aromatic N) is 3. The molecule has 5 heteroatoms. The molecule has 1 unspecified atom stereocenters. The molecule has 0 amide bonds. The van der Waals surface area contributed by atoms with Gasteiger partial charge >= 0.3 is 0 Å². The van der Waals surface area contributed by atoms with Crippen molar-refractivity contribution in [2.75, 3.05) is 7.05 Å². The van der Waals surface area contributed by atoms with Gasteiger partial charge in [-0.1, -0.05) is 17.7 Å². The van der Waals surface area contributed by atoms with E-state index in [0.717, 1.165) is 17.3 Å². The second-order valence-electron chi connectivity index (χ2n) is 4.35. The van der Waals surface area contributed by atoms with Crippen LogP contribution in [0.15, 0.2) is 24.5 Å². The van der Waals surface area contributed by atoms with Gasteiger partial charge in [0.25, 0.3) is 0 Å². The van der Waals surface area contributed by atoms with Crippen LogP contribution < -0.4 is 5.32 Å². The van der Waals surface area contributed by atoms with E-state index in [-0.39, 0.29) is 6.04 Å². The molecule has 0 aliphatic heterocycles. The first kappa shape index (κ1) is 13.1. The van der Waals surface area contributed by atoms with Gasteiger partial charge in [0.15, 0.2) is 0 Å². The van der Waals surface area contributed by atoms with Gasteiger partial charge in [-0.15, -0.1) is 0 Å². The molecule has 2 rings (SSSR count). The van der Waals surface area contributed by atoms with Crippen LogP contribution in [0.2, 0.25) is 5.02 Å². The topological polar surface area (TPSA) is 42.7 Å². The molecule has 0 bridgehead atoms. The zero-order valence-corrected chi connectivity index (χ0v) is 11.6. The second kappa shape index (κ2) is 5.50. The average molecular weight is 265 g/mol. The van der Waals surface area contributed by atoms with Crippen molar-refractivity contribution in [3.63, 3.8) is 0 Å². The largest absolute Gasteiger partial charge is 0.313 e. The highest BCUT2D eigenvalue weighted by atomic mass is 35.5. The summed E-state index contributed by atoms with van der Waals surface area (Å²) in [6.45, 7) is 2.09. The van der Waals surface area contributed by atoms with Crippen LogP contribution in [-0.4, -0.2) is 21.8 Å². The van der Waals surface area contributed by atoms with Crippen LogP contribution in [0, 0.1) is 6.92 Å². The van der Waals surface area contributed by atoms with Crippen LogP contribution in [-0.2, 0) is 13.5 Å². The number of halogens is 1. The fraction of sp³-hybridized carbons (Fsp3) is 0.385. The van der Waals surface area contributed by atoms with Crippen LogP contribution in [0.25, 0.3) is 0 Å². The summed E-state index contributed by atoms with van der Waals surface area (Å²) in [7, 11) is 3.85. The fourth-order valence-corrected chi connectivity index (χ4v) is 2.22. The predicted octanol–water partition coefficient (Wildman–Crippen LogP) is 2.28. The lowest BCUT2D eigenvalue weighted by atomic mass is 9.98. The number of benzene rings is 1. The first-order chi connectivity index (χ1) is 8.61. The van der Waals surface area contributed by atoms with Gasteiger partial charge in [0.1, 0.15) is 12.2 Å². The lowest BCUT2D eigenvalue weighted by molar-refractivity contribution is 0.551. The first-order valence-electron chi connectivity index (χ1n) is 5.88. The molecule has 0 saturated heterocycles. The molecule has 0 spiro atoms. The Morgan fingerprint density at radius 2 is 2.22 bits per heavy atom. The summed E-state index contributed by atoms with van der Waals surface area (Å²) >= 11 is 6.07. The Morgan fingerprint density at radius 1 is 1.44 bits per heavy atom. The first-order valence-corrected chi connectivity index (χ1v) is 6.25. The maximum Gasteiger partial charge on any atom is 0.138 e. The molecule has 1 aromatic heterocycles. The highest BCUT2D eigenvalue weighted by Gasteiger charge is 2.15. The van der Waals surface area contributed by atoms with Gasteiger partial charge < -0.3 is 5.32 Å². The number of hydrogen-bond acceptors (Lipinski definition) is 3. The van der Waals surface area contributed by atoms with Crippen LogP contribution in [0.3, 0.4) is 0 Å². The van der Waals surface area contributed by atoms with Crippen LogP contribution in [0.1, 0.15) is 23.0 Å². The van der Waals surface area contributed by atoms with Crippen LogP contribution in [0.5, 0.6) is 0 Å². The summed E-state index contributed by atoms with van der Waals surface area (Å²) in [5, 5.41) is 8.16. The predicted molar refractivity (Wildman–Crippen MR) is 72.7 cm³/mol. The van der Waals surface area contributed by atoms with E-state index in [1.54, 1.807) is 11.0 Å². The van der Waals surface area contributed by atoms with Gasteiger partial charge in [-0.3, -0.25) is 4.68 Å². The van der Waals surface area contributed by atoms with Crippen molar-refractivity contribution < 1.29 is 0 Å². The van der Waals surface area contributed by atoms with Gasteiger partial charge in [-0.25, -0.2) is 4.98 Å². The van der Waals surface area contributed by atoms with Crippen molar-refractivity contribution in [3.8, 4) is 0 Å². The zero-order chi connectivity index (χ0) is 13.1. The van der Waals surface area contributed by atoms with E-state index in [4.69, 9.17) is 11.6 Å². The summed E-state index contributed by atoms with van der Waals surface area (Å²) in [5.41, 5.74) is 2.42. The van der Waals surface area contributed by atoms with E-state index >= 15 is 0 Å². The molecule has 0 fully saturated rings. The Bertz CT molecular complexity index is 536. The molecule has 0 aliphatic rings. The number of aryl methyl sites for hydroxylation is 2. The highest BCUT2D eigenvalue weighted by Crippen LogP contribution is 2.24. The zero-order valence-electron chi connectivity index (χ0n) is 10.8. The Kier molecular flexibility index (Phi) is 3.99.